The van der Waals surface area contributed by atoms with Crippen molar-refractivity contribution >= 4 is 34.3 Å². The van der Waals surface area contributed by atoms with Crippen LogP contribution in [0.3, 0.4) is 0 Å². The molecule has 0 unspecified atom stereocenters. The third kappa shape index (κ3) is 2.84. The number of halogens is 2. The van der Waals surface area contributed by atoms with Crippen molar-refractivity contribution in [1.82, 2.24) is 4.57 Å². The molecule has 31 heavy (non-hydrogen) atoms. The van der Waals surface area contributed by atoms with Crippen LogP contribution in [-0.2, 0) is 5.41 Å². The maximum atomic E-state index is 14.1. The summed E-state index contributed by atoms with van der Waals surface area (Å²) in [4.78, 5) is 26.0. The molecule has 1 N–H and O–H groups in total. The smallest absolute Gasteiger partial charge is 0.354 e. The van der Waals surface area contributed by atoms with E-state index >= 15 is 0 Å². The fourth-order valence-electron chi connectivity index (χ4n) is 4.01. The van der Waals surface area contributed by atoms with Gasteiger partial charge in [-0.25, -0.2) is 9.18 Å². The van der Waals surface area contributed by atoms with E-state index in [2.05, 4.69) is 0 Å². The highest BCUT2D eigenvalue weighted by Crippen LogP contribution is 2.44. The van der Waals surface area contributed by atoms with Gasteiger partial charge in [0.25, 0.3) is 5.56 Å². The molecule has 156 valence electrons. The fourth-order valence-corrected chi connectivity index (χ4v) is 5.04. The summed E-state index contributed by atoms with van der Waals surface area (Å²) in [5.41, 5.74) is 0.114. The van der Waals surface area contributed by atoms with Crippen molar-refractivity contribution in [2.24, 2.45) is 0 Å². The Morgan fingerprint density at radius 3 is 2.61 bits per heavy atom. The first-order valence-electron chi connectivity index (χ1n) is 9.39. The third-order valence-corrected chi connectivity index (χ3v) is 6.92. The molecule has 2 aromatic heterocycles. The minimum Gasteiger partial charge on any atom is -0.505 e. The Bertz CT molecular complexity index is 1520. The second-order valence-corrected chi connectivity index (χ2v) is 9.28. The second kappa shape index (κ2) is 6.73. The Morgan fingerprint density at radius 1 is 1.13 bits per heavy atom. The van der Waals surface area contributed by atoms with Crippen molar-refractivity contribution in [2.75, 3.05) is 0 Å². The van der Waals surface area contributed by atoms with Crippen molar-refractivity contribution in [3.05, 3.63) is 91.4 Å². The zero-order chi connectivity index (χ0) is 22.1. The van der Waals surface area contributed by atoms with Crippen molar-refractivity contribution in [2.45, 2.75) is 29.1 Å². The van der Waals surface area contributed by atoms with Crippen LogP contribution in [0.5, 0.6) is 5.75 Å². The van der Waals surface area contributed by atoms with Crippen LogP contribution in [0, 0.1) is 5.82 Å². The number of fused-ring (bicyclic) bond motifs is 4. The number of aromatic nitrogens is 1. The first-order valence-corrected chi connectivity index (χ1v) is 10.6. The molecule has 4 aromatic rings. The molecular formula is C23H15ClFNO4S. The molecule has 0 spiro atoms. The summed E-state index contributed by atoms with van der Waals surface area (Å²) in [5.74, 6) is -1.08. The molecule has 0 bridgehead atoms. The average Bonchev–Trinajstić information content (AvgIpc) is 2.93. The van der Waals surface area contributed by atoms with Crippen LogP contribution in [0.25, 0.3) is 16.7 Å². The first-order chi connectivity index (χ1) is 14.7. The number of nitrogens with zero attached hydrogens (tertiary/aromatic N) is 1. The van der Waals surface area contributed by atoms with Crippen LogP contribution in [0.1, 0.15) is 25.1 Å². The number of rotatable bonds is 2. The SMILES string of the molecule is CC1(C)c2cc(Cl)ccc2-n2c1cc1oc(=O)c(Sc3ccccc3F)c(O)c1c2=O. The molecule has 5 rings (SSSR count). The number of benzene rings is 2. The van der Waals surface area contributed by atoms with Gasteiger partial charge in [-0.1, -0.05) is 49.3 Å². The topological polar surface area (TPSA) is 72.4 Å². The van der Waals surface area contributed by atoms with Gasteiger partial charge in [0.15, 0.2) is 5.75 Å². The highest BCUT2D eigenvalue weighted by molar-refractivity contribution is 7.99. The Kier molecular flexibility index (Phi) is 4.32. The molecule has 8 heteroatoms. The highest BCUT2D eigenvalue weighted by atomic mass is 35.5. The van der Waals surface area contributed by atoms with Crippen LogP contribution >= 0.6 is 23.4 Å². The fraction of sp³-hybridized carbons (Fsp3) is 0.130. The minimum absolute atomic E-state index is 0.0244. The first kappa shape index (κ1) is 19.9. The van der Waals surface area contributed by atoms with Crippen LogP contribution in [0.15, 0.2) is 72.3 Å². The molecule has 0 fully saturated rings. The van der Waals surface area contributed by atoms with Gasteiger partial charge in [0.1, 0.15) is 21.7 Å². The number of hydrogen-bond donors (Lipinski definition) is 1. The second-order valence-electron chi connectivity index (χ2n) is 7.80. The summed E-state index contributed by atoms with van der Waals surface area (Å²) in [6.07, 6.45) is 0. The minimum atomic E-state index is -0.848. The zero-order valence-corrected chi connectivity index (χ0v) is 18.0. The lowest BCUT2D eigenvalue weighted by Crippen LogP contribution is -2.24. The lowest BCUT2D eigenvalue weighted by Gasteiger charge is -2.20. The van der Waals surface area contributed by atoms with E-state index < -0.39 is 28.2 Å². The predicted octanol–water partition coefficient (Wildman–Crippen LogP) is 5.23. The third-order valence-electron chi connectivity index (χ3n) is 5.57. The average molecular weight is 456 g/mol. The van der Waals surface area contributed by atoms with Gasteiger partial charge in [-0.05, 0) is 35.9 Å². The van der Waals surface area contributed by atoms with Gasteiger partial charge in [-0.3, -0.25) is 9.36 Å². The summed E-state index contributed by atoms with van der Waals surface area (Å²) >= 11 is 6.89. The van der Waals surface area contributed by atoms with Crippen molar-refractivity contribution < 1.29 is 13.9 Å². The number of hydrogen-bond acceptors (Lipinski definition) is 5. The van der Waals surface area contributed by atoms with Gasteiger partial charge in [0, 0.05) is 27.1 Å². The quantitative estimate of drug-likeness (QED) is 0.448. The molecule has 5 nitrogen and oxygen atoms in total. The highest BCUT2D eigenvalue weighted by Gasteiger charge is 2.38. The van der Waals surface area contributed by atoms with Crippen molar-refractivity contribution in [3.8, 4) is 11.4 Å². The van der Waals surface area contributed by atoms with Crippen LogP contribution in [0.2, 0.25) is 5.02 Å². The van der Waals surface area contributed by atoms with Crippen LogP contribution in [0.4, 0.5) is 4.39 Å². The molecule has 1 aliphatic heterocycles. The lowest BCUT2D eigenvalue weighted by atomic mass is 9.83. The van der Waals surface area contributed by atoms with E-state index in [0.29, 0.717) is 28.2 Å². The van der Waals surface area contributed by atoms with E-state index in [1.807, 2.05) is 13.8 Å². The Hall–Kier alpha value is -3.03. The Balaban J connectivity index is 1.81. The van der Waals surface area contributed by atoms with Crippen LogP contribution in [-0.4, -0.2) is 9.67 Å². The molecule has 0 saturated carbocycles. The largest absolute Gasteiger partial charge is 0.505 e. The summed E-state index contributed by atoms with van der Waals surface area (Å²) in [6, 6.07) is 12.7. The van der Waals surface area contributed by atoms with E-state index in [-0.39, 0.29) is 20.8 Å². The molecule has 3 heterocycles. The molecule has 1 aliphatic rings. The van der Waals surface area contributed by atoms with Crippen molar-refractivity contribution in [1.29, 1.82) is 0 Å². The molecule has 0 atom stereocenters. The van der Waals surface area contributed by atoms with Gasteiger partial charge < -0.3 is 9.52 Å². The molecule has 0 amide bonds. The monoisotopic (exact) mass is 455 g/mol. The van der Waals surface area contributed by atoms with E-state index in [4.69, 9.17) is 16.0 Å². The standard InChI is InChI=1S/C23H15ClFNO4S/c1-23(2)12-9-11(24)7-8-14(12)26-17(23)10-15-18(21(26)28)19(27)20(22(29)30-15)31-16-6-4-3-5-13(16)25/h3-10,27H,1-2H3. The summed E-state index contributed by atoms with van der Waals surface area (Å²) in [6.45, 7) is 3.87. The lowest BCUT2D eigenvalue weighted by molar-refractivity contribution is 0.445. The normalized spacial score (nSPS) is 13.9. The number of aromatic hydroxyl groups is 1. The van der Waals surface area contributed by atoms with Crippen molar-refractivity contribution in [3.63, 3.8) is 0 Å². The summed E-state index contributed by atoms with van der Waals surface area (Å²) < 4.78 is 21.0. The maximum Gasteiger partial charge on any atom is 0.354 e. The molecule has 2 aromatic carbocycles. The Labute approximate surface area is 184 Å². The number of pyridine rings is 1. The van der Waals surface area contributed by atoms with Crippen LogP contribution < -0.4 is 11.2 Å². The van der Waals surface area contributed by atoms with Gasteiger partial charge in [-0.2, -0.15) is 0 Å². The van der Waals surface area contributed by atoms with E-state index in [0.717, 1.165) is 5.56 Å². The molecule has 0 saturated heterocycles. The molecular weight excluding hydrogens is 441 g/mol. The van der Waals surface area contributed by atoms with Gasteiger partial charge >= 0.3 is 5.63 Å². The maximum absolute atomic E-state index is 14.1. The van der Waals surface area contributed by atoms with E-state index in [9.17, 15) is 19.1 Å². The predicted molar refractivity (Wildman–Crippen MR) is 117 cm³/mol. The van der Waals surface area contributed by atoms with E-state index in [1.54, 1.807) is 30.3 Å². The zero-order valence-electron chi connectivity index (χ0n) is 16.4. The van der Waals surface area contributed by atoms with E-state index in [1.165, 1.54) is 22.8 Å². The molecule has 0 aliphatic carbocycles. The summed E-state index contributed by atoms with van der Waals surface area (Å²) in [5, 5.41) is 11.3. The molecule has 0 radical (unpaired) electrons. The van der Waals surface area contributed by atoms with Gasteiger partial charge in [0.2, 0.25) is 0 Å². The van der Waals surface area contributed by atoms with Gasteiger partial charge in [0.05, 0.1) is 5.69 Å². The van der Waals surface area contributed by atoms with Gasteiger partial charge in [-0.15, -0.1) is 0 Å². The summed E-state index contributed by atoms with van der Waals surface area (Å²) in [7, 11) is 0. The Morgan fingerprint density at radius 2 is 1.87 bits per heavy atom.